The maximum absolute atomic E-state index is 11.8. The van der Waals surface area contributed by atoms with Crippen molar-refractivity contribution in [1.29, 1.82) is 0 Å². The number of hydrogen-bond acceptors (Lipinski definition) is 3. The number of halogens is 1. The van der Waals surface area contributed by atoms with Crippen LogP contribution in [0.4, 0.5) is 0 Å². The Hall–Kier alpha value is -0.520. The van der Waals surface area contributed by atoms with Crippen molar-refractivity contribution in [2.75, 3.05) is 19.3 Å². The lowest BCUT2D eigenvalue weighted by Gasteiger charge is -2.17. The van der Waals surface area contributed by atoms with Crippen molar-refractivity contribution in [3.05, 3.63) is 28.7 Å². The second-order valence-corrected chi connectivity index (χ2v) is 6.47. The van der Waals surface area contributed by atoms with Gasteiger partial charge in [-0.3, -0.25) is 4.79 Å². The van der Waals surface area contributed by atoms with Crippen molar-refractivity contribution < 1.29 is 9.90 Å². The van der Waals surface area contributed by atoms with Gasteiger partial charge in [-0.05, 0) is 41.4 Å². The van der Waals surface area contributed by atoms with Crippen LogP contribution in [0.1, 0.15) is 19.8 Å². The first-order valence-electron chi connectivity index (χ1n) is 6.30. The molecule has 1 N–H and O–H groups in total. The number of rotatable bonds is 7. The average Bonchev–Trinajstić information content (AvgIpc) is 2.38. The third kappa shape index (κ3) is 6.45. The maximum atomic E-state index is 11.8. The number of nitrogens with zero attached hydrogens (tertiary/aromatic N) is 1. The zero-order valence-corrected chi connectivity index (χ0v) is 13.7. The summed E-state index contributed by atoms with van der Waals surface area (Å²) in [6.07, 6.45) is 0.784. The molecule has 0 aliphatic heterocycles. The molecule has 1 aromatic carbocycles. The fraction of sp³-hybridized carbons (Fsp3) is 0.500. The summed E-state index contributed by atoms with van der Waals surface area (Å²) in [7, 11) is 1.79. The predicted octanol–water partition coefficient (Wildman–Crippen LogP) is 3.16. The number of thioether (sulfide) groups is 1. The first-order chi connectivity index (χ1) is 9.00. The second kappa shape index (κ2) is 8.61. The van der Waals surface area contributed by atoms with Gasteiger partial charge >= 0.3 is 0 Å². The highest BCUT2D eigenvalue weighted by molar-refractivity contribution is 9.10. The molecule has 1 atom stereocenters. The van der Waals surface area contributed by atoms with E-state index in [-0.39, 0.29) is 12.0 Å². The fourth-order valence-electron chi connectivity index (χ4n) is 1.51. The lowest BCUT2D eigenvalue weighted by Crippen LogP contribution is -2.29. The molecule has 0 aromatic heterocycles. The minimum absolute atomic E-state index is 0.125. The summed E-state index contributed by atoms with van der Waals surface area (Å²) in [6.45, 7) is 2.34. The summed E-state index contributed by atoms with van der Waals surface area (Å²) in [4.78, 5) is 14.7. The fourth-order valence-corrected chi connectivity index (χ4v) is 3.01. The van der Waals surface area contributed by atoms with Gasteiger partial charge in [0, 0.05) is 35.1 Å². The molecule has 5 heteroatoms. The Bertz CT molecular complexity index is 412. The zero-order valence-electron chi connectivity index (χ0n) is 11.3. The molecule has 1 amide bonds. The van der Waals surface area contributed by atoms with Gasteiger partial charge in [0.05, 0.1) is 6.10 Å². The maximum Gasteiger partial charge on any atom is 0.223 e. The zero-order chi connectivity index (χ0) is 14.3. The molecule has 0 saturated carbocycles. The highest BCUT2D eigenvalue weighted by Gasteiger charge is 2.10. The molecule has 0 aliphatic carbocycles. The Morgan fingerprint density at radius 2 is 2.16 bits per heavy atom. The van der Waals surface area contributed by atoms with Crippen molar-refractivity contribution in [2.45, 2.75) is 30.8 Å². The standard InChI is InChI=1S/C14H20BrNO2S/c1-11(17)7-9-16(2)14(18)8-10-19-13-6-4-3-5-12(13)15/h3-6,11,17H,7-10H2,1-2H3. The van der Waals surface area contributed by atoms with Gasteiger partial charge < -0.3 is 10.0 Å². The van der Waals surface area contributed by atoms with Crippen LogP contribution in [-0.4, -0.2) is 41.4 Å². The molecule has 0 heterocycles. The van der Waals surface area contributed by atoms with Crippen LogP contribution >= 0.6 is 27.7 Å². The lowest BCUT2D eigenvalue weighted by molar-refractivity contribution is -0.129. The molecule has 3 nitrogen and oxygen atoms in total. The van der Waals surface area contributed by atoms with Crippen molar-refractivity contribution in [3.63, 3.8) is 0 Å². The normalized spacial score (nSPS) is 12.2. The Morgan fingerprint density at radius 1 is 1.47 bits per heavy atom. The largest absolute Gasteiger partial charge is 0.393 e. The molecule has 0 fully saturated rings. The van der Waals surface area contributed by atoms with Crippen LogP contribution in [0.5, 0.6) is 0 Å². The molecule has 19 heavy (non-hydrogen) atoms. The molecule has 0 bridgehead atoms. The lowest BCUT2D eigenvalue weighted by atomic mass is 10.2. The van der Waals surface area contributed by atoms with Crippen LogP contribution in [0.25, 0.3) is 0 Å². The SMILES string of the molecule is CC(O)CCN(C)C(=O)CCSc1ccccc1Br. The monoisotopic (exact) mass is 345 g/mol. The van der Waals surface area contributed by atoms with Crippen molar-refractivity contribution >= 4 is 33.6 Å². The van der Waals surface area contributed by atoms with Crippen LogP contribution < -0.4 is 0 Å². The van der Waals surface area contributed by atoms with Crippen LogP contribution in [0.15, 0.2) is 33.6 Å². The van der Waals surface area contributed by atoms with Crippen LogP contribution in [-0.2, 0) is 4.79 Å². The Labute approximate surface area is 127 Å². The van der Waals surface area contributed by atoms with Crippen molar-refractivity contribution in [3.8, 4) is 0 Å². The summed E-state index contributed by atoms with van der Waals surface area (Å²) in [5.41, 5.74) is 0. The van der Waals surface area contributed by atoms with E-state index >= 15 is 0 Å². The third-order valence-corrected chi connectivity index (χ3v) is 4.75. The molecule has 106 valence electrons. The van der Waals surface area contributed by atoms with E-state index in [4.69, 9.17) is 0 Å². The molecular weight excluding hydrogens is 326 g/mol. The van der Waals surface area contributed by atoms with Gasteiger partial charge in [0.25, 0.3) is 0 Å². The molecule has 1 unspecified atom stereocenters. The number of benzene rings is 1. The van der Waals surface area contributed by atoms with E-state index in [9.17, 15) is 9.90 Å². The predicted molar refractivity (Wildman–Crippen MR) is 83.4 cm³/mol. The van der Waals surface area contributed by atoms with Gasteiger partial charge in [-0.25, -0.2) is 0 Å². The number of hydrogen-bond donors (Lipinski definition) is 1. The smallest absolute Gasteiger partial charge is 0.223 e. The van der Waals surface area contributed by atoms with Crippen LogP contribution in [0.3, 0.4) is 0 Å². The molecular formula is C14H20BrNO2S. The van der Waals surface area contributed by atoms with Gasteiger partial charge in [-0.2, -0.15) is 0 Å². The summed E-state index contributed by atoms with van der Waals surface area (Å²) >= 11 is 5.16. The molecule has 0 saturated heterocycles. The molecule has 1 aromatic rings. The topological polar surface area (TPSA) is 40.5 Å². The van der Waals surface area contributed by atoms with Gasteiger partial charge in [0.2, 0.25) is 5.91 Å². The van der Waals surface area contributed by atoms with E-state index in [1.807, 2.05) is 24.3 Å². The van der Waals surface area contributed by atoms with E-state index in [0.717, 1.165) is 15.1 Å². The van der Waals surface area contributed by atoms with Gasteiger partial charge in [-0.15, -0.1) is 11.8 Å². The summed E-state index contributed by atoms with van der Waals surface area (Å²) in [6, 6.07) is 8.00. The molecule has 0 spiro atoms. The molecule has 1 rings (SSSR count). The van der Waals surface area contributed by atoms with Crippen LogP contribution in [0.2, 0.25) is 0 Å². The number of carbonyl (C=O) groups excluding carboxylic acids is 1. The Kier molecular flexibility index (Phi) is 7.49. The Balaban J connectivity index is 2.29. The summed E-state index contributed by atoms with van der Waals surface area (Å²) in [5.74, 6) is 0.890. The number of aliphatic hydroxyl groups excluding tert-OH is 1. The highest BCUT2D eigenvalue weighted by Crippen LogP contribution is 2.27. The summed E-state index contributed by atoms with van der Waals surface area (Å²) < 4.78 is 1.06. The van der Waals surface area contributed by atoms with E-state index in [1.165, 1.54) is 0 Å². The molecule has 0 aliphatic rings. The first kappa shape index (κ1) is 16.5. The molecule has 0 radical (unpaired) electrons. The van der Waals surface area contributed by atoms with Crippen LogP contribution in [0, 0.1) is 0 Å². The van der Waals surface area contributed by atoms with E-state index in [2.05, 4.69) is 15.9 Å². The minimum Gasteiger partial charge on any atom is -0.393 e. The summed E-state index contributed by atoms with van der Waals surface area (Å²) in [5, 5.41) is 9.19. The average molecular weight is 346 g/mol. The van der Waals surface area contributed by atoms with E-state index in [1.54, 1.807) is 30.6 Å². The van der Waals surface area contributed by atoms with Crippen molar-refractivity contribution in [2.24, 2.45) is 0 Å². The van der Waals surface area contributed by atoms with E-state index in [0.29, 0.717) is 19.4 Å². The number of aliphatic hydroxyl groups is 1. The van der Waals surface area contributed by atoms with Gasteiger partial charge in [-0.1, -0.05) is 12.1 Å². The van der Waals surface area contributed by atoms with Gasteiger partial charge in [0.1, 0.15) is 0 Å². The number of amides is 1. The first-order valence-corrected chi connectivity index (χ1v) is 8.08. The van der Waals surface area contributed by atoms with Crippen molar-refractivity contribution in [1.82, 2.24) is 4.90 Å². The van der Waals surface area contributed by atoms with E-state index < -0.39 is 0 Å². The second-order valence-electron chi connectivity index (χ2n) is 4.48. The highest BCUT2D eigenvalue weighted by atomic mass is 79.9. The van der Waals surface area contributed by atoms with Gasteiger partial charge in [0.15, 0.2) is 0 Å². The quantitative estimate of drug-likeness (QED) is 0.771. The minimum atomic E-state index is -0.357. The number of carbonyl (C=O) groups is 1. The Morgan fingerprint density at radius 3 is 2.79 bits per heavy atom. The third-order valence-electron chi connectivity index (χ3n) is 2.72.